The van der Waals surface area contributed by atoms with E-state index >= 15 is 0 Å². The molecular formula is C16H13N3OS2. The van der Waals surface area contributed by atoms with Gasteiger partial charge >= 0.3 is 0 Å². The maximum Gasteiger partial charge on any atom is 0.258 e. The van der Waals surface area contributed by atoms with Crippen LogP contribution in [0.2, 0.25) is 0 Å². The number of carbonyl (C=O) groups excluding carboxylic acids is 1. The Bertz CT molecular complexity index is 787. The van der Waals surface area contributed by atoms with Crippen molar-refractivity contribution in [3.05, 3.63) is 59.7 Å². The number of benzene rings is 1. The highest BCUT2D eigenvalue weighted by Crippen LogP contribution is 2.26. The van der Waals surface area contributed by atoms with Crippen molar-refractivity contribution in [3.8, 4) is 11.3 Å². The molecule has 1 amide bonds. The number of amides is 1. The average Bonchev–Trinajstić information content (AvgIpc) is 3.04. The van der Waals surface area contributed by atoms with Crippen molar-refractivity contribution in [1.82, 2.24) is 9.97 Å². The quantitative estimate of drug-likeness (QED) is 0.730. The Balaban J connectivity index is 1.79. The molecule has 3 rings (SSSR count). The van der Waals surface area contributed by atoms with Gasteiger partial charge < -0.3 is 0 Å². The van der Waals surface area contributed by atoms with Gasteiger partial charge in [0.05, 0.1) is 11.3 Å². The Morgan fingerprint density at radius 3 is 2.86 bits per heavy atom. The number of carbonyl (C=O) groups is 1. The van der Waals surface area contributed by atoms with Crippen molar-refractivity contribution >= 4 is 34.1 Å². The van der Waals surface area contributed by atoms with Crippen molar-refractivity contribution in [3.63, 3.8) is 0 Å². The lowest BCUT2D eigenvalue weighted by Crippen LogP contribution is -2.12. The predicted octanol–water partition coefficient (Wildman–Crippen LogP) is 4.18. The molecule has 22 heavy (non-hydrogen) atoms. The van der Waals surface area contributed by atoms with Gasteiger partial charge in [0.1, 0.15) is 0 Å². The molecule has 0 aliphatic heterocycles. The Labute approximate surface area is 136 Å². The first-order valence-electron chi connectivity index (χ1n) is 6.58. The monoisotopic (exact) mass is 327 g/mol. The van der Waals surface area contributed by atoms with Gasteiger partial charge in [0.2, 0.25) is 0 Å². The van der Waals surface area contributed by atoms with E-state index in [1.165, 1.54) is 11.3 Å². The maximum atomic E-state index is 12.4. The SMILES string of the molecule is CSc1ccccc1C(=O)Nc1nc(-c2cccnc2)cs1. The lowest BCUT2D eigenvalue weighted by atomic mass is 10.2. The van der Waals surface area contributed by atoms with Crippen LogP contribution in [-0.2, 0) is 0 Å². The van der Waals surface area contributed by atoms with Gasteiger partial charge in [0.15, 0.2) is 5.13 Å². The number of thiazole rings is 1. The van der Waals surface area contributed by atoms with Gasteiger partial charge in [-0.05, 0) is 30.5 Å². The molecule has 0 spiro atoms. The van der Waals surface area contributed by atoms with E-state index in [0.29, 0.717) is 10.7 Å². The van der Waals surface area contributed by atoms with Gasteiger partial charge in [0.25, 0.3) is 5.91 Å². The van der Waals surface area contributed by atoms with Crippen LogP contribution >= 0.6 is 23.1 Å². The molecule has 0 saturated carbocycles. The second-order valence-electron chi connectivity index (χ2n) is 4.43. The van der Waals surface area contributed by atoms with Crippen molar-refractivity contribution in [2.75, 3.05) is 11.6 Å². The van der Waals surface area contributed by atoms with Gasteiger partial charge in [-0.2, -0.15) is 0 Å². The molecule has 0 aliphatic rings. The minimum absolute atomic E-state index is 0.142. The summed E-state index contributed by atoms with van der Waals surface area (Å²) in [5.74, 6) is -0.142. The third kappa shape index (κ3) is 3.18. The molecule has 3 aromatic rings. The molecule has 2 heterocycles. The fraction of sp³-hybridized carbons (Fsp3) is 0.0625. The summed E-state index contributed by atoms with van der Waals surface area (Å²) >= 11 is 2.95. The highest BCUT2D eigenvalue weighted by atomic mass is 32.2. The fourth-order valence-electron chi connectivity index (χ4n) is 1.97. The highest BCUT2D eigenvalue weighted by molar-refractivity contribution is 7.98. The molecule has 1 aromatic carbocycles. The number of anilines is 1. The molecule has 0 radical (unpaired) electrons. The predicted molar refractivity (Wildman–Crippen MR) is 91.5 cm³/mol. The first kappa shape index (κ1) is 14.7. The average molecular weight is 327 g/mol. The summed E-state index contributed by atoms with van der Waals surface area (Å²) < 4.78 is 0. The third-order valence-corrected chi connectivity index (χ3v) is 4.59. The van der Waals surface area contributed by atoms with Gasteiger partial charge in [-0.3, -0.25) is 15.1 Å². The summed E-state index contributed by atoms with van der Waals surface area (Å²) in [7, 11) is 0. The number of nitrogens with zero attached hydrogens (tertiary/aromatic N) is 2. The number of aromatic nitrogens is 2. The van der Waals surface area contributed by atoms with E-state index in [-0.39, 0.29) is 5.91 Å². The minimum Gasteiger partial charge on any atom is -0.298 e. The zero-order valence-corrected chi connectivity index (χ0v) is 13.4. The summed E-state index contributed by atoms with van der Waals surface area (Å²) in [6.07, 6.45) is 5.43. The normalized spacial score (nSPS) is 10.4. The van der Waals surface area contributed by atoms with Crippen LogP contribution < -0.4 is 5.32 Å². The van der Waals surface area contributed by atoms with Crippen LogP contribution in [0.1, 0.15) is 10.4 Å². The largest absolute Gasteiger partial charge is 0.298 e. The van der Waals surface area contributed by atoms with Crippen LogP contribution in [0, 0.1) is 0 Å². The van der Waals surface area contributed by atoms with Crippen LogP contribution in [0.3, 0.4) is 0 Å². The lowest BCUT2D eigenvalue weighted by Gasteiger charge is -2.06. The van der Waals surface area contributed by atoms with E-state index in [1.54, 1.807) is 24.2 Å². The van der Waals surface area contributed by atoms with E-state index in [0.717, 1.165) is 16.2 Å². The summed E-state index contributed by atoms with van der Waals surface area (Å²) in [6.45, 7) is 0. The first-order chi connectivity index (χ1) is 10.8. The van der Waals surface area contributed by atoms with Gasteiger partial charge in [-0.15, -0.1) is 23.1 Å². The summed E-state index contributed by atoms with van der Waals surface area (Å²) in [4.78, 5) is 21.8. The number of hydrogen-bond donors (Lipinski definition) is 1. The van der Waals surface area contributed by atoms with Crippen LogP contribution in [0.5, 0.6) is 0 Å². The lowest BCUT2D eigenvalue weighted by molar-refractivity contribution is 0.102. The minimum atomic E-state index is -0.142. The Morgan fingerprint density at radius 2 is 2.09 bits per heavy atom. The van der Waals surface area contributed by atoms with Crippen LogP contribution in [0.15, 0.2) is 59.1 Å². The highest BCUT2D eigenvalue weighted by Gasteiger charge is 2.13. The molecule has 110 valence electrons. The molecule has 0 aliphatic carbocycles. The van der Waals surface area contributed by atoms with E-state index in [1.807, 2.05) is 48.0 Å². The molecule has 0 unspecified atom stereocenters. The fourth-order valence-corrected chi connectivity index (χ4v) is 3.28. The number of rotatable bonds is 4. The van der Waals surface area contributed by atoms with E-state index in [9.17, 15) is 4.79 Å². The van der Waals surface area contributed by atoms with Crippen LogP contribution in [-0.4, -0.2) is 22.1 Å². The van der Waals surface area contributed by atoms with E-state index < -0.39 is 0 Å². The Hall–Kier alpha value is -2.18. The zero-order valence-electron chi connectivity index (χ0n) is 11.8. The smallest absolute Gasteiger partial charge is 0.258 e. The van der Waals surface area contributed by atoms with Gasteiger partial charge in [-0.1, -0.05) is 12.1 Å². The van der Waals surface area contributed by atoms with E-state index in [4.69, 9.17) is 0 Å². The first-order valence-corrected chi connectivity index (χ1v) is 8.68. The van der Waals surface area contributed by atoms with Crippen molar-refractivity contribution < 1.29 is 4.79 Å². The molecule has 1 N–H and O–H groups in total. The van der Waals surface area contributed by atoms with Crippen LogP contribution in [0.25, 0.3) is 11.3 Å². The summed E-state index contributed by atoms with van der Waals surface area (Å²) in [5, 5.41) is 5.35. The third-order valence-electron chi connectivity index (χ3n) is 3.03. The van der Waals surface area contributed by atoms with Crippen molar-refractivity contribution in [2.45, 2.75) is 4.90 Å². The number of hydrogen-bond acceptors (Lipinski definition) is 5. The molecule has 0 atom stereocenters. The molecule has 0 bridgehead atoms. The molecule has 0 fully saturated rings. The number of nitrogens with one attached hydrogen (secondary N) is 1. The molecule has 0 saturated heterocycles. The number of thioether (sulfide) groups is 1. The standard InChI is InChI=1S/C16H13N3OS2/c1-21-14-7-3-2-6-12(14)15(20)19-16-18-13(10-22-16)11-5-4-8-17-9-11/h2-10H,1H3,(H,18,19,20). The second kappa shape index (κ2) is 6.72. The van der Waals surface area contributed by atoms with Gasteiger partial charge in [-0.25, -0.2) is 4.98 Å². The maximum absolute atomic E-state index is 12.4. The topological polar surface area (TPSA) is 54.9 Å². The molecular weight excluding hydrogens is 314 g/mol. The van der Waals surface area contributed by atoms with Crippen molar-refractivity contribution in [2.24, 2.45) is 0 Å². The second-order valence-corrected chi connectivity index (χ2v) is 6.14. The Kier molecular flexibility index (Phi) is 4.50. The molecule has 2 aromatic heterocycles. The summed E-state index contributed by atoms with van der Waals surface area (Å²) in [6, 6.07) is 11.3. The van der Waals surface area contributed by atoms with Gasteiger partial charge in [0, 0.05) is 28.2 Å². The van der Waals surface area contributed by atoms with Crippen LogP contribution in [0.4, 0.5) is 5.13 Å². The zero-order chi connectivity index (χ0) is 15.4. The van der Waals surface area contributed by atoms with E-state index in [2.05, 4.69) is 15.3 Å². The van der Waals surface area contributed by atoms with Crippen molar-refractivity contribution in [1.29, 1.82) is 0 Å². The molecule has 6 heteroatoms. The summed E-state index contributed by atoms with van der Waals surface area (Å²) in [5.41, 5.74) is 2.41. The molecule has 4 nitrogen and oxygen atoms in total. The number of pyridine rings is 1. The Morgan fingerprint density at radius 1 is 1.23 bits per heavy atom.